The Hall–Kier alpha value is -3.07. The molecule has 0 radical (unpaired) electrons. The van der Waals surface area contributed by atoms with Crippen LogP contribution in [0.5, 0.6) is 0 Å². The Bertz CT molecular complexity index is 1160. The number of aliphatic imine (C=N–C) groups is 2. The molecule has 2 aliphatic rings. The van der Waals surface area contributed by atoms with Gasteiger partial charge in [0.25, 0.3) is 0 Å². The van der Waals surface area contributed by atoms with Crippen LogP contribution in [0.1, 0.15) is 30.9 Å². The zero-order valence-electron chi connectivity index (χ0n) is 21.1. The number of fused-ring (bicyclic) bond motifs is 1. The second-order valence-electron chi connectivity index (χ2n) is 9.09. The first-order valence-corrected chi connectivity index (χ1v) is 12.7. The highest BCUT2D eigenvalue weighted by Gasteiger charge is 2.22. The van der Waals surface area contributed by atoms with E-state index >= 15 is 0 Å². The third-order valence-corrected chi connectivity index (χ3v) is 6.67. The zero-order chi connectivity index (χ0) is 25.5. The van der Waals surface area contributed by atoms with Crippen molar-refractivity contribution in [2.45, 2.75) is 25.8 Å². The normalized spacial score (nSPS) is 19.1. The summed E-state index contributed by atoms with van der Waals surface area (Å²) in [7, 11) is 3.52. The Morgan fingerprint density at radius 1 is 1.17 bits per heavy atom. The van der Waals surface area contributed by atoms with E-state index in [2.05, 4.69) is 27.4 Å². The predicted molar refractivity (Wildman–Crippen MR) is 146 cm³/mol. The SMILES string of the molecule is COC(=O)/C(CCCN1CCN(C)CC1)=N/NC1=Nc2ccc(Cl)cc2C(c2ccccc2)=NC1C. The lowest BCUT2D eigenvalue weighted by molar-refractivity contribution is -0.132. The van der Waals surface area contributed by atoms with Crippen LogP contribution in [-0.2, 0) is 9.53 Å². The van der Waals surface area contributed by atoms with Crippen molar-refractivity contribution >= 4 is 40.5 Å². The second kappa shape index (κ2) is 12.3. The molecule has 1 fully saturated rings. The van der Waals surface area contributed by atoms with Gasteiger partial charge in [-0.15, -0.1) is 0 Å². The molecule has 0 bridgehead atoms. The number of esters is 1. The topological polar surface area (TPSA) is 81.9 Å². The minimum absolute atomic E-state index is 0.320. The molecule has 1 unspecified atom stereocenters. The van der Waals surface area contributed by atoms with Crippen LogP contribution < -0.4 is 5.43 Å². The highest BCUT2D eigenvalue weighted by Crippen LogP contribution is 2.29. The van der Waals surface area contributed by atoms with Crippen molar-refractivity contribution in [1.29, 1.82) is 0 Å². The molecular weight excluding hydrogens is 476 g/mol. The molecule has 1 saturated heterocycles. The molecule has 190 valence electrons. The van der Waals surface area contributed by atoms with E-state index < -0.39 is 5.97 Å². The third kappa shape index (κ3) is 6.57. The number of nitrogens with zero attached hydrogens (tertiary/aromatic N) is 5. The number of carbonyl (C=O) groups is 1. The first-order chi connectivity index (χ1) is 17.4. The summed E-state index contributed by atoms with van der Waals surface area (Å²) in [5, 5.41) is 5.05. The first-order valence-electron chi connectivity index (χ1n) is 12.3. The van der Waals surface area contributed by atoms with Gasteiger partial charge >= 0.3 is 5.97 Å². The molecular formula is C27H33ClN6O2. The Kier molecular flexibility index (Phi) is 8.85. The van der Waals surface area contributed by atoms with E-state index in [1.165, 1.54) is 7.11 Å². The van der Waals surface area contributed by atoms with E-state index in [0.29, 0.717) is 23.0 Å². The fourth-order valence-electron chi connectivity index (χ4n) is 4.28. The molecule has 0 saturated carbocycles. The average molecular weight is 509 g/mol. The molecule has 0 aromatic heterocycles. The van der Waals surface area contributed by atoms with Gasteiger partial charge in [0, 0.05) is 48.7 Å². The summed E-state index contributed by atoms with van der Waals surface area (Å²) in [6.07, 6.45) is 1.33. The molecule has 2 aromatic rings. The summed E-state index contributed by atoms with van der Waals surface area (Å²) in [5.41, 5.74) is 6.74. The Morgan fingerprint density at radius 3 is 2.64 bits per heavy atom. The van der Waals surface area contributed by atoms with Gasteiger partial charge in [-0.3, -0.25) is 10.4 Å². The maximum absolute atomic E-state index is 12.4. The van der Waals surface area contributed by atoms with E-state index in [9.17, 15) is 4.79 Å². The van der Waals surface area contributed by atoms with Crippen molar-refractivity contribution in [3.8, 4) is 0 Å². The van der Waals surface area contributed by atoms with Crippen LogP contribution >= 0.6 is 11.6 Å². The van der Waals surface area contributed by atoms with Gasteiger partial charge in [0.15, 0.2) is 0 Å². The van der Waals surface area contributed by atoms with E-state index in [1.54, 1.807) is 0 Å². The fraction of sp³-hybridized carbons (Fsp3) is 0.407. The van der Waals surface area contributed by atoms with Gasteiger partial charge in [-0.25, -0.2) is 9.79 Å². The molecule has 1 N–H and O–H groups in total. The van der Waals surface area contributed by atoms with Crippen LogP contribution in [0.2, 0.25) is 5.02 Å². The van der Waals surface area contributed by atoms with Gasteiger partial charge in [0.05, 0.1) is 18.5 Å². The third-order valence-electron chi connectivity index (χ3n) is 6.43. The molecule has 0 spiro atoms. The fourth-order valence-corrected chi connectivity index (χ4v) is 4.45. The molecule has 2 aliphatic heterocycles. The monoisotopic (exact) mass is 508 g/mol. The van der Waals surface area contributed by atoms with Crippen LogP contribution in [0.3, 0.4) is 0 Å². The minimum atomic E-state index is -0.441. The molecule has 2 heterocycles. The van der Waals surface area contributed by atoms with Gasteiger partial charge < -0.3 is 14.5 Å². The van der Waals surface area contributed by atoms with Crippen LogP contribution in [-0.4, -0.2) is 86.0 Å². The number of likely N-dealkylation sites (N-methyl/N-ethyl adjacent to an activating group) is 1. The number of amidine groups is 1. The number of carbonyl (C=O) groups excluding carboxylic acids is 1. The molecule has 9 heteroatoms. The molecule has 1 atom stereocenters. The highest BCUT2D eigenvalue weighted by atomic mass is 35.5. The van der Waals surface area contributed by atoms with Crippen molar-refractivity contribution in [3.05, 3.63) is 64.7 Å². The minimum Gasteiger partial charge on any atom is -0.464 e. The molecule has 2 aromatic carbocycles. The number of hydrogen-bond donors (Lipinski definition) is 1. The Balaban J connectivity index is 1.53. The largest absolute Gasteiger partial charge is 0.464 e. The lowest BCUT2D eigenvalue weighted by atomic mass is 10.0. The van der Waals surface area contributed by atoms with Crippen LogP contribution in [0.4, 0.5) is 5.69 Å². The molecule has 4 rings (SSSR count). The summed E-state index contributed by atoms with van der Waals surface area (Å²) in [6, 6.07) is 15.2. The van der Waals surface area contributed by atoms with Gasteiger partial charge in [0.1, 0.15) is 17.6 Å². The molecule has 0 aliphatic carbocycles. The van der Waals surface area contributed by atoms with Gasteiger partial charge in [0.2, 0.25) is 0 Å². The maximum Gasteiger partial charge on any atom is 0.354 e. The number of benzene rings is 2. The van der Waals surface area contributed by atoms with Crippen molar-refractivity contribution in [1.82, 2.24) is 15.2 Å². The quantitative estimate of drug-likeness (QED) is 0.350. The summed E-state index contributed by atoms with van der Waals surface area (Å²) < 4.78 is 4.99. The smallest absolute Gasteiger partial charge is 0.354 e. The number of methoxy groups -OCH3 is 1. The summed E-state index contributed by atoms with van der Waals surface area (Å²) in [6.45, 7) is 7.08. The van der Waals surface area contributed by atoms with Crippen molar-refractivity contribution in [2.24, 2.45) is 15.1 Å². The predicted octanol–water partition coefficient (Wildman–Crippen LogP) is 3.76. The van der Waals surface area contributed by atoms with E-state index in [4.69, 9.17) is 26.3 Å². The molecule has 36 heavy (non-hydrogen) atoms. The number of hydrogen-bond acceptors (Lipinski definition) is 8. The maximum atomic E-state index is 12.4. The number of rotatable bonds is 7. The Morgan fingerprint density at radius 2 is 1.92 bits per heavy atom. The van der Waals surface area contributed by atoms with E-state index in [1.807, 2.05) is 55.5 Å². The van der Waals surface area contributed by atoms with Crippen LogP contribution in [0.15, 0.2) is 63.6 Å². The van der Waals surface area contributed by atoms with Crippen LogP contribution in [0, 0.1) is 0 Å². The van der Waals surface area contributed by atoms with Crippen molar-refractivity contribution < 1.29 is 9.53 Å². The Labute approximate surface area is 217 Å². The van der Waals surface area contributed by atoms with Gasteiger partial charge in [-0.1, -0.05) is 41.9 Å². The lowest BCUT2D eigenvalue weighted by Gasteiger charge is -2.32. The number of piperazine rings is 1. The van der Waals surface area contributed by atoms with E-state index in [0.717, 1.165) is 61.7 Å². The standard InChI is InChI=1S/C27H33ClN6O2/c1-19-26(32-31-24(27(35)36-3)10-7-13-34-16-14-33(2)15-17-34)30-23-12-11-21(28)18-22(23)25(29-19)20-8-5-4-6-9-20/h4-6,8-9,11-12,18-19H,7,10,13-17H2,1-3H3,(H,30,32)/b31-24+. The average Bonchev–Trinajstić information content (AvgIpc) is 3.03. The van der Waals surface area contributed by atoms with Gasteiger partial charge in [-0.05, 0) is 45.1 Å². The van der Waals surface area contributed by atoms with Gasteiger partial charge in [-0.2, -0.15) is 5.10 Å². The summed E-state index contributed by atoms with van der Waals surface area (Å²) >= 11 is 6.32. The summed E-state index contributed by atoms with van der Waals surface area (Å²) in [4.78, 5) is 26.9. The lowest BCUT2D eigenvalue weighted by Crippen LogP contribution is -2.44. The van der Waals surface area contributed by atoms with Crippen LogP contribution in [0.25, 0.3) is 0 Å². The molecule has 8 nitrogen and oxygen atoms in total. The first kappa shape index (κ1) is 26.0. The number of halogens is 1. The molecule has 0 amide bonds. The zero-order valence-corrected chi connectivity index (χ0v) is 21.8. The van der Waals surface area contributed by atoms with E-state index in [-0.39, 0.29) is 6.04 Å². The number of hydrazone groups is 1. The number of ether oxygens (including phenoxy) is 1. The van der Waals surface area contributed by atoms with Crippen molar-refractivity contribution in [3.63, 3.8) is 0 Å². The van der Waals surface area contributed by atoms with Crippen molar-refractivity contribution in [2.75, 3.05) is 46.9 Å². The summed E-state index contributed by atoms with van der Waals surface area (Å²) in [5.74, 6) is 0.105. The highest BCUT2D eigenvalue weighted by molar-refractivity contribution is 6.36. The second-order valence-corrected chi connectivity index (χ2v) is 9.53. The number of nitrogens with one attached hydrogen (secondary N) is 1.